The van der Waals surface area contributed by atoms with Crippen molar-refractivity contribution in [3.63, 3.8) is 0 Å². The van der Waals surface area contributed by atoms with Crippen LogP contribution >= 0.6 is 27.5 Å². The lowest BCUT2D eigenvalue weighted by atomic mass is 10.2. The lowest BCUT2D eigenvalue weighted by molar-refractivity contribution is 1.33. The Kier molecular flexibility index (Phi) is 2.94. The molecule has 0 radical (unpaired) electrons. The van der Waals surface area contributed by atoms with Crippen LogP contribution in [0.1, 0.15) is 0 Å². The summed E-state index contributed by atoms with van der Waals surface area (Å²) in [6.07, 6.45) is 1.81. The highest BCUT2D eigenvalue weighted by Gasteiger charge is 2.09. The average molecular weight is 359 g/mol. The fourth-order valence-electron chi connectivity index (χ4n) is 2.40. The number of imidazole rings is 1. The van der Waals surface area contributed by atoms with Crippen LogP contribution < -0.4 is 0 Å². The second kappa shape index (κ2) is 4.83. The van der Waals surface area contributed by atoms with Crippen molar-refractivity contribution in [2.24, 2.45) is 0 Å². The van der Waals surface area contributed by atoms with E-state index in [2.05, 4.69) is 25.9 Å². The molecular weight excluding hydrogens is 350 g/mol. The molecule has 0 saturated carbocycles. The summed E-state index contributed by atoms with van der Waals surface area (Å²) in [7, 11) is 0. The topological polar surface area (TPSA) is 41.6 Å². The van der Waals surface area contributed by atoms with Crippen LogP contribution in [-0.2, 0) is 0 Å². The van der Waals surface area contributed by atoms with E-state index in [1.54, 1.807) is 0 Å². The van der Waals surface area contributed by atoms with Crippen molar-refractivity contribution < 1.29 is 0 Å². The van der Waals surface area contributed by atoms with Crippen LogP contribution in [0.2, 0.25) is 5.02 Å². The molecule has 0 unspecified atom stereocenters. The molecule has 2 aromatic carbocycles. The van der Waals surface area contributed by atoms with Gasteiger partial charge in [0.2, 0.25) is 0 Å². The maximum Gasteiger partial charge on any atom is 0.138 e. The van der Waals surface area contributed by atoms with Gasteiger partial charge in [-0.3, -0.25) is 4.98 Å². The van der Waals surface area contributed by atoms with Gasteiger partial charge in [-0.25, -0.2) is 4.98 Å². The Labute approximate surface area is 134 Å². The first-order valence-corrected chi connectivity index (χ1v) is 7.58. The van der Waals surface area contributed by atoms with Gasteiger partial charge in [0.05, 0.1) is 22.7 Å². The van der Waals surface area contributed by atoms with Crippen molar-refractivity contribution in [1.82, 2.24) is 15.0 Å². The zero-order chi connectivity index (χ0) is 14.4. The van der Waals surface area contributed by atoms with Crippen molar-refractivity contribution in [2.75, 3.05) is 0 Å². The third kappa shape index (κ3) is 2.20. The molecule has 0 aliphatic rings. The number of nitrogens with zero attached hydrogens (tertiary/aromatic N) is 2. The summed E-state index contributed by atoms with van der Waals surface area (Å²) in [5.41, 5.74) is 3.72. The number of H-pyrrole nitrogens is 1. The molecule has 4 aromatic rings. The molecule has 0 aliphatic heterocycles. The maximum absolute atomic E-state index is 6.05. The molecule has 0 amide bonds. The molecular formula is C16H9BrClN3. The zero-order valence-corrected chi connectivity index (χ0v) is 13.1. The number of nitrogens with one attached hydrogen (secondary N) is 1. The van der Waals surface area contributed by atoms with E-state index in [4.69, 9.17) is 16.6 Å². The van der Waals surface area contributed by atoms with Crippen LogP contribution in [-0.4, -0.2) is 15.0 Å². The molecule has 4 rings (SSSR count). The number of aromatic nitrogens is 3. The van der Waals surface area contributed by atoms with E-state index in [1.165, 1.54) is 0 Å². The minimum absolute atomic E-state index is 0.694. The number of hydrogen-bond donors (Lipinski definition) is 1. The Morgan fingerprint density at radius 2 is 2.00 bits per heavy atom. The average Bonchev–Trinajstić information content (AvgIpc) is 2.91. The monoisotopic (exact) mass is 357 g/mol. The Balaban J connectivity index is 1.99. The predicted molar refractivity (Wildman–Crippen MR) is 89.5 cm³/mol. The van der Waals surface area contributed by atoms with Crippen molar-refractivity contribution in [2.45, 2.75) is 0 Å². The SMILES string of the molecule is Clc1cccc(-c2nc3c(cnc4cc(Br)ccc43)[nH]2)c1. The van der Waals surface area contributed by atoms with Crippen molar-refractivity contribution in [1.29, 1.82) is 0 Å². The molecule has 2 heterocycles. The molecule has 0 spiro atoms. The predicted octanol–water partition coefficient (Wildman–Crippen LogP) is 5.19. The molecule has 0 aliphatic carbocycles. The number of halogens is 2. The van der Waals surface area contributed by atoms with E-state index in [9.17, 15) is 0 Å². The van der Waals surface area contributed by atoms with Gasteiger partial charge in [0, 0.05) is 20.4 Å². The molecule has 102 valence electrons. The standard InChI is InChI=1S/C16H9BrClN3/c17-10-4-5-12-13(7-10)19-8-14-15(12)21-16(20-14)9-2-1-3-11(18)6-9/h1-8H,(H,20,21). The van der Waals surface area contributed by atoms with Crippen LogP contribution in [0.15, 0.2) is 53.1 Å². The molecule has 0 atom stereocenters. The Morgan fingerprint density at radius 1 is 1.10 bits per heavy atom. The van der Waals surface area contributed by atoms with Crippen LogP contribution in [0.5, 0.6) is 0 Å². The van der Waals surface area contributed by atoms with E-state index in [1.807, 2.05) is 48.7 Å². The minimum atomic E-state index is 0.694. The normalized spacial score (nSPS) is 11.3. The van der Waals surface area contributed by atoms with Crippen molar-refractivity contribution >= 4 is 49.5 Å². The van der Waals surface area contributed by atoms with Crippen LogP contribution in [0.4, 0.5) is 0 Å². The van der Waals surface area contributed by atoms with E-state index in [0.717, 1.165) is 37.8 Å². The fourth-order valence-corrected chi connectivity index (χ4v) is 2.94. The quantitative estimate of drug-likeness (QED) is 0.508. The van der Waals surface area contributed by atoms with Crippen LogP contribution in [0.25, 0.3) is 33.3 Å². The van der Waals surface area contributed by atoms with Crippen LogP contribution in [0, 0.1) is 0 Å². The number of rotatable bonds is 1. The van der Waals surface area contributed by atoms with Gasteiger partial charge < -0.3 is 4.98 Å². The summed E-state index contributed by atoms with van der Waals surface area (Å²) in [6.45, 7) is 0. The lowest BCUT2D eigenvalue weighted by Crippen LogP contribution is -1.80. The highest BCUT2D eigenvalue weighted by atomic mass is 79.9. The van der Waals surface area contributed by atoms with E-state index < -0.39 is 0 Å². The first kappa shape index (κ1) is 12.8. The molecule has 3 nitrogen and oxygen atoms in total. The molecule has 2 aromatic heterocycles. The highest BCUT2D eigenvalue weighted by molar-refractivity contribution is 9.10. The Morgan fingerprint density at radius 3 is 2.86 bits per heavy atom. The van der Waals surface area contributed by atoms with Gasteiger partial charge in [-0.05, 0) is 30.3 Å². The van der Waals surface area contributed by atoms with Gasteiger partial charge in [0.25, 0.3) is 0 Å². The molecule has 0 bridgehead atoms. The second-order valence-electron chi connectivity index (χ2n) is 4.78. The smallest absolute Gasteiger partial charge is 0.138 e. The number of benzene rings is 2. The number of aromatic amines is 1. The highest BCUT2D eigenvalue weighted by Crippen LogP contribution is 2.28. The van der Waals surface area contributed by atoms with E-state index in [0.29, 0.717) is 5.02 Å². The van der Waals surface area contributed by atoms with E-state index >= 15 is 0 Å². The second-order valence-corrected chi connectivity index (χ2v) is 6.13. The Bertz CT molecular complexity index is 978. The van der Waals surface area contributed by atoms with Gasteiger partial charge >= 0.3 is 0 Å². The molecule has 0 saturated heterocycles. The first-order chi connectivity index (χ1) is 10.2. The fraction of sp³-hybridized carbons (Fsp3) is 0. The van der Waals surface area contributed by atoms with Gasteiger partial charge in [-0.15, -0.1) is 0 Å². The number of pyridine rings is 1. The number of hydrogen-bond acceptors (Lipinski definition) is 2. The van der Waals surface area contributed by atoms with Crippen molar-refractivity contribution in [3.8, 4) is 11.4 Å². The summed E-state index contributed by atoms with van der Waals surface area (Å²) in [5, 5.41) is 1.72. The number of fused-ring (bicyclic) bond motifs is 3. The largest absolute Gasteiger partial charge is 0.337 e. The van der Waals surface area contributed by atoms with Crippen molar-refractivity contribution in [3.05, 3.63) is 58.2 Å². The summed E-state index contributed by atoms with van der Waals surface area (Å²) in [6, 6.07) is 13.7. The maximum atomic E-state index is 6.05. The lowest BCUT2D eigenvalue weighted by Gasteiger charge is -1.98. The van der Waals surface area contributed by atoms with Gasteiger partial charge in [0.1, 0.15) is 5.82 Å². The molecule has 1 N–H and O–H groups in total. The zero-order valence-electron chi connectivity index (χ0n) is 10.8. The van der Waals surface area contributed by atoms with E-state index in [-0.39, 0.29) is 0 Å². The summed E-state index contributed by atoms with van der Waals surface area (Å²) in [4.78, 5) is 12.5. The Hall–Kier alpha value is -1.91. The summed E-state index contributed by atoms with van der Waals surface area (Å²) < 4.78 is 1.01. The van der Waals surface area contributed by atoms with Gasteiger partial charge in [-0.1, -0.05) is 39.7 Å². The molecule has 0 fully saturated rings. The minimum Gasteiger partial charge on any atom is -0.337 e. The summed E-state index contributed by atoms with van der Waals surface area (Å²) in [5.74, 6) is 0.796. The van der Waals surface area contributed by atoms with Gasteiger partial charge in [0.15, 0.2) is 0 Å². The molecule has 21 heavy (non-hydrogen) atoms. The van der Waals surface area contributed by atoms with Gasteiger partial charge in [-0.2, -0.15) is 0 Å². The van der Waals surface area contributed by atoms with Crippen LogP contribution in [0.3, 0.4) is 0 Å². The summed E-state index contributed by atoms with van der Waals surface area (Å²) >= 11 is 9.51. The third-order valence-corrected chi connectivity index (χ3v) is 4.11. The first-order valence-electron chi connectivity index (χ1n) is 6.41. The molecule has 5 heteroatoms. The third-order valence-electron chi connectivity index (χ3n) is 3.38.